The minimum absolute atomic E-state index is 0.0465. The Hall–Kier alpha value is -2.57. The molecular weight excluding hydrogens is 388 g/mol. The van der Waals surface area contributed by atoms with Crippen molar-refractivity contribution in [3.05, 3.63) is 64.6 Å². The molecule has 0 spiro atoms. The summed E-state index contributed by atoms with van der Waals surface area (Å²) in [7, 11) is 0. The van der Waals surface area contributed by atoms with Crippen molar-refractivity contribution in [2.45, 2.75) is 26.3 Å². The average molecular weight is 413 g/mol. The number of hydrogen-bond acceptors (Lipinski definition) is 4. The van der Waals surface area contributed by atoms with Crippen molar-refractivity contribution in [2.75, 3.05) is 26.2 Å². The molecule has 1 aromatic carbocycles. The number of halogens is 1. The fourth-order valence-corrected chi connectivity index (χ4v) is 3.85. The summed E-state index contributed by atoms with van der Waals surface area (Å²) < 4.78 is 1.93. The maximum Gasteiger partial charge on any atom is 0.257 e. The highest BCUT2D eigenvalue weighted by molar-refractivity contribution is 6.30. The minimum Gasteiger partial charge on any atom is -0.507 e. The van der Waals surface area contributed by atoms with Gasteiger partial charge in [0.1, 0.15) is 11.4 Å². The molecule has 0 unspecified atom stereocenters. The number of nitrogens with zero attached hydrogens (tertiary/aromatic N) is 4. The predicted molar refractivity (Wildman–Crippen MR) is 114 cm³/mol. The number of piperazine rings is 1. The van der Waals surface area contributed by atoms with Crippen LogP contribution in [0, 0.1) is 0 Å². The van der Waals surface area contributed by atoms with Crippen LogP contribution in [0.5, 0.6) is 5.75 Å². The largest absolute Gasteiger partial charge is 0.507 e. The van der Waals surface area contributed by atoms with Gasteiger partial charge in [-0.2, -0.15) is 0 Å². The zero-order valence-electron chi connectivity index (χ0n) is 16.7. The number of hydrogen-bond donors (Lipinski definition) is 1. The third kappa shape index (κ3) is 4.23. The molecule has 0 atom stereocenters. The van der Waals surface area contributed by atoms with Gasteiger partial charge in [-0.25, -0.2) is 4.98 Å². The van der Waals surface area contributed by atoms with Gasteiger partial charge >= 0.3 is 0 Å². The third-order valence-electron chi connectivity index (χ3n) is 5.43. The fraction of sp³-hybridized carbons (Fsp3) is 0.364. The van der Waals surface area contributed by atoms with Gasteiger partial charge in [0.15, 0.2) is 0 Å². The van der Waals surface area contributed by atoms with Crippen molar-refractivity contribution in [1.82, 2.24) is 19.2 Å². The lowest BCUT2D eigenvalue weighted by molar-refractivity contribution is 0.0624. The summed E-state index contributed by atoms with van der Waals surface area (Å²) in [5.74, 6) is 0.247. The van der Waals surface area contributed by atoms with Crippen LogP contribution in [0.4, 0.5) is 0 Å². The molecule has 0 radical (unpaired) electrons. The van der Waals surface area contributed by atoms with Gasteiger partial charge in [0.05, 0.1) is 16.3 Å². The van der Waals surface area contributed by atoms with Crippen molar-refractivity contribution < 1.29 is 9.90 Å². The molecule has 1 N–H and O–H groups in total. The maximum absolute atomic E-state index is 12.9. The van der Waals surface area contributed by atoms with E-state index in [9.17, 15) is 9.90 Å². The van der Waals surface area contributed by atoms with Gasteiger partial charge in [0.25, 0.3) is 5.91 Å². The molecule has 3 heterocycles. The van der Waals surface area contributed by atoms with E-state index in [0.717, 1.165) is 36.5 Å². The molecule has 1 saturated heterocycles. The van der Waals surface area contributed by atoms with Crippen LogP contribution in [0.1, 0.15) is 41.4 Å². The standard InChI is InChI=1S/C22H25ClN4O2/c1-15(2)16-3-5-20(28)19(11-16)22(29)26-9-7-25(8-10-26)13-18-14-27-12-17(23)4-6-21(27)24-18/h3-6,11-12,14-15,28H,7-10,13H2,1-2H3. The third-order valence-corrected chi connectivity index (χ3v) is 5.65. The van der Waals surface area contributed by atoms with Crippen LogP contribution in [0.15, 0.2) is 42.7 Å². The maximum atomic E-state index is 12.9. The number of pyridine rings is 1. The Kier molecular flexibility index (Phi) is 5.48. The number of carbonyl (C=O) groups excluding carboxylic acids is 1. The van der Waals surface area contributed by atoms with E-state index >= 15 is 0 Å². The number of fused-ring (bicyclic) bond motifs is 1. The van der Waals surface area contributed by atoms with E-state index in [1.165, 1.54) is 0 Å². The molecule has 7 heteroatoms. The summed E-state index contributed by atoms with van der Waals surface area (Å²) in [6.45, 7) is 7.68. The Morgan fingerprint density at radius 1 is 1.14 bits per heavy atom. The molecule has 0 bridgehead atoms. The molecule has 4 rings (SSSR count). The molecule has 1 aliphatic heterocycles. The van der Waals surface area contributed by atoms with Gasteiger partial charge in [-0.3, -0.25) is 9.69 Å². The van der Waals surface area contributed by atoms with Crippen LogP contribution < -0.4 is 0 Å². The van der Waals surface area contributed by atoms with E-state index in [2.05, 4.69) is 23.7 Å². The van der Waals surface area contributed by atoms with E-state index in [4.69, 9.17) is 11.6 Å². The van der Waals surface area contributed by atoms with Crippen molar-refractivity contribution in [3.63, 3.8) is 0 Å². The summed E-state index contributed by atoms with van der Waals surface area (Å²) in [4.78, 5) is 21.7. The van der Waals surface area contributed by atoms with Gasteiger partial charge in [0.2, 0.25) is 0 Å². The highest BCUT2D eigenvalue weighted by atomic mass is 35.5. The lowest BCUT2D eigenvalue weighted by Gasteiger charge is -2.34. The van der Waals surface area contributed by atoms with Crippen LogP contribution in [-0.2, 0) is 6.54 Å². The number of amides is 1. The molecule has 152 valence electrons. The van der Waals surface area contributed by atoms with Gasteiger partial charge in [-0.1, -0.05) is 31.5 Å². The number of aromatic nitrogens is 2. The van der Waals surface area contributed by atoms with Gasteiger partial charge in [0, 0.05) is 45.1 Å². The molecule has 6 nitrogen and oxygen atoms in total. The van der Waals surface area contributed by atoms with Gasteiger partial charge in [-0.15, -0.1) is 0 Å². The number of phenolic OH excluding ortho intramolecular Hbond substituents is 1. The smallest absolute Gasteiger partial charge is 0.257 e. The minimum atomic E-state index is -0.105. The Bertz CT molecular complexity index is 1040. The van der Waals surface area contributed by atoms with E-state index in [1.54, 1.807) is 6.07 Å². The molecule has 0 saturated carbocycles. The fourth-order valence-electron chi connectivity index (χ4n) is 3.69. The normalized spacial score (nSPS) is 15.4. The Morgan fingerprint density at radius 2 is 1.90 bits per heavy atom. The molecular formula is C22H25ClN4O2. The van der Waals surface area contributed by atoms with Crippen molar-refractivity contribution >= 4 is 23.2 Å². The topological polar surface area (TPSA) is 61.1 Å². The molecule has 1 aliphatic rings. The quantitative estimate of drug-likeness (QED) is 0.708. The van der Waals surface area contributed by atoms with Crippen molar-refractivity contribution in [1.29, 1.82) is 0 Å². The Morgan fingerprint density at radius 3 is 2.62 bits per heavy atom. The number of aromatic hydroxyl groups is 1. The van der Waals surface area contributed by atoms with Crippen LogP contribution in [0.25, 0.3) is 5.65 Å². The summed E-state index contributed by atoms with van der Waals surface area (Å²) in [5, 5.41) is 10.9. The highest BCUT2D eigenvalue weighted by Gasteiger charge is 2.25. The zero-order valence-corrected chi connectivity index (χ0v) is 17.4. The van der Waals surface area contributed by atoms with Crippen molar-refractivity contribution in [3.8, 4) is 5.75 Å². The number of rotatable bonds is 4. The molecule has 0 aliphatic carbocycles. The Labute approximate surface area is 175 Å². The summed E-state index contributed by atoms with van der Waals surface area (Å²) in [5.41, 5.74) is 3.30. The van der Waals surface area contributed by atoms with E-state index in [0.29, 0.717) is 29.6 Å². The SMILES string of the molecule is CC(C)c1ccc(O)c(C(=O)N2CCN(Cc3cn4cc(Cl)ccc4n3)CC2)c1. The molecule has 29 heavy (non-hydrogen) atoms. The first-order valence-electron chi connectivity index (χ1n) is 9.88. The lowest BCUT2D eigenvalue weighted by Crippen LogP contribution is -2.48. The van der Waals surface area contributed by atoms with E-state index in [1.807, 2.05) is 46.0 Å². The first-order chi connectivity index (χ1) is 13.9. The monoisotopic (exact) mass is 412 g/mol. The molecule has 3 aromatic rings. The van der Waals surface area contributed by atoms with Crippen LogP contribution in [0.2, 0.25) is 5.02 Å². The highest BCUT2D eigenvalue weighted by Crippen LogP contribution is 2.25. The van der Waals surface area contributed by atoms with Crippen LogP contribution in [-0.4, -0.2) is 56.4 Å². The zero-order chi connectivity index (χ0) is 20.5. The summed E-state index contributed by atoms with van der Waals surface area (Å²) in [6.07, 6.45) is 3.84. The number of imidazole rings is 1. The van der Waals surface area contributed by atoms with Crippen LogP contribution in [0.3, 0.4) is 0 Å². The molecule has 1 fully saturated rings. The number of phenols is 1. The Balaban J connectivity index is 1.40. The molecule has 1 amide bonds. The van der Waals surface area contributed by atoms with Crippen LogP contribution >= 0.6 is 11.6 Å². The number of benzene rings is 1. The first-order valence-corrected chi connectivity index (χ1v) is 10.3. The second kappa shape index (κ2) is 8.05. The van der Waals surface area contributed by atoms with E-state index in [-0.39, 0.29) is 11.7 Å². The second-order valence-electron chi connectivity index (χ2n) is 7.84. The van der Waals surface area contributed by atoms with Crippen molar-refractivity contribution in [2.24, 2.45) is 0 Å². The van der Waals surface area contributed by atoms with Gasteiger partial charge < -0.3 is 14.4 Å². The average Bonchev–Trinajstić information content (AvgIpc) is 3.09. The second-order valence-corrected chi connectivity index (χ2v) is 8.28. The predicted octanol–water partition coefficient (Wildman–Crippen LogP) is 3.77. The number of carbonyl (C=O) groups is 1. The summed E-state index contributed by atoms with van der Waals surface area (Å²) >= 11 is 6.04. The van der Waals surface area contributed by atoms with Gasteiger partial charge in [-0.05, 0) is 35.7 Å². The molecule has 2 aromatic heterocycles. The lowest BCUT2D eigenvalue weighted by atomic mass is 9.99. The van der Waals surface area contributed by atoms with E-state index < -0.39 is 0 Å². The summed E-state index contributed by atoms with van der Waals surface area (Å²) in [6, 6.07) is 9.05. The first kappa shape index (κ1) is 19.7.